The fourth-order valence-corrected chi connectivity index (χ4v) is 2.59. The average molecular weight is 368 g/mol. The summed E-state index contributed by atoms with van der Waals surface area (Å²) in [5.74, 6) is -0.134. The molecule has 0 unspecified atom stereocenters. The van der Waals surface area contributed by atoms with Gasteiger partial charge in [0.15, 0.2) is 5.69 Å². The Morgan fingerprint density at radius 1 is 1.37 bits per heavy atom. The number of amides is 1. The van der Waals surface area contributed by atoms with Gasteiger partial charge in [0.25, 0.3) is 5.91 Å². The summed E-state index contributed by atoms with van der Waals surface area (Å²) < 4.78 is 21.4. The van der Waals surface area contributed by atoms with Crippen molar-refractivity contribution < 1.29 is 13.7 Å². The van der Waals surface area contributed by atoms with Gasteiger partial charge >= 0.3 is 0 Å². The summed E-state index contributed by atoms with van der Waals surface area (Å²) in [7, 11) is 0. The Bertz CT molecular complexity index is 1130. The molecule has 0 radical (unpaired) electrons. The summed E-state index contributed by atoms with van der Waals surface area (Å²) in [6.07, 6.45) is 3.43. The van der Waals surface area contributed by atoms with Gasteiger partial charge < -0.3 is 14.8 Å². The number of H-pyrrole nitrogens is 1. The highest BCUT2D eigenvalue weighted by molar-refractivity contribution is 5.96. The average Bonchev–Trinajstić information content (AvgIpc) is 3.37. The molecule has 1 aromatic carbocycles. The quantitative estimate of drug-likeness (QED) is 0.541. The van der Waals surface area contributed by atoms with E-state index in [0.717, 1.165) is 5.82 Å². The van der Waals surface area contributed by atoms with Crippen LogP contribution in [0, 0.1) is 12.7 Å². The number of halogens is 1. The zero-order chi connectivity index (χ0) is 19.0. The van der Waals surface area contributed by atoms with Gasteiger partial charge in [-0.3, -0.25) is 4.79 Å². The lowest BCUT2D eigenvalue weighted by atomic mass is 10.1. The van der Waals surface area contributed by atoms with Crippen LogP contribution in [0.5, 0.6) is 0 Å². The summed E-state index contributed by atoms with van der Waals surface area (Å²) >= 11 is 0. The van der Waals surface area contributed by atoms with Crippen molar-refractivity contribution >= 4 is 5.91 Å². The van der Waals surface area contributed by atoms with E-state index in [1.807, 2.05) is 11.5 Å². The van der Waals surface area contributed by atoms with Crippen molar-refractivity contribution in [3.8, 4) is 22.6 Å². The van der Waals surface area contributed by atoms with E-state index in [9.17, 15) is 9.18 Å². The number of carbonyl (C=O) groups is 1. The number of nitrogens with two attached hydrogens (primary N) is 1. The van der Waals surface area contributed by atoms with Crippen molar-refractivity contribution in [3.63, 3.8) is 0 Å². The lowest BCUT2D eigenvalue weighted by Crippen LogP contribution is -2.12. The number of aryl methyl sites for hydroxylation is 1. The second-order valence-corrected chi connectivity index (χ2v) is 5.69. The van der Waals surface area contributed by atoms with E-state index < -0.39 is 11.7 Å². The predicted octanol–water partition coefficient (Wildman–Crippen LogP) is 1.31. The third-order valence-corrected chi connectivity index (χ3v) is 3.96. The SMILES string of the molecule is Cc1nccn1Cc1nc(-c2cc(-c3n[nH]nc3C(N)=O)ccc2F)no1. The molecular formula is C16H13FN8O2. The molecule has 3 heterocycles. The fourth-order valence-electron chi connectivity index (χ4n) is 2.59. The van der Waals surface area contributed by atoms with Crippen molar-refractivity contribution in [2.45, 2.75) is 13.5 Å². The molecule has 3 N–H and O–H groups in total. The number of hydrogen-bond donors (Lipinski definition) is 2. The zero-order valence-corrected chi connectivity index (χ0v) is 14.0. The monoisotopic (exact) mass is 368 g/mol. The maximum Gasteiger partial charge on any atom is 0.271 e. The van der Waals surface area contributed by atoms with Gasteiger partial charge in [0.05, 0.1) is 5.56 Å². The molecule has 136 valence electrons. The van der Waals surface area contributed by atoms with Gasteiger partial charge in [0.2, 0.25) is 11.7 Å². The summed E-state index contributed by atoms with van der Waals surface area (Å²) in [6.45, 7) is 2.16. The van der Waals surface area contributed by atoms with Crippen LogP contribution in [0.15, 0.2) is 35.1 Å². The van der Waals surface area contributed by atoms with Crippen LogP contribution in [-0.4, -0.2) is 41.0 Å². The van der Waals surface area contributed by atoms with Gasteiger partial charge in [0.1, 0.15) is 23.9 Å². The number of benzene rings is 1. The molecule has 0 fully saturated rings. The van der Waals surface area contributed by atoms with Crippen LogP contribution in [0.2, 0.25) is 0 Å². The first-order valence-electron chi connectivity index (χ1n) is 7.84. The molecule has 10 nitrogen and oxygen atoms in total. The standard InChI is InChI=1S/C16H13FN8O2/c1-8-19-4-5-25(8)7-12-20-16(23-27-12)10-6-9(2-3-11(10)17)13-14(15(18)26)22-24-21-13/h2-6H,7H2,1H3,(H2,18,26)(H,21,22,24). The minimum absolute atomic E-state index is 0.0445. The van der Waals surface area contributed by atoms with Crippen LogP contribution in [0.1, 0.15) is 22.2 Å². The first-order chi connectivity index (χ1) is 13.0. The molecular weight excluding hydrogens is 355 g/mol. The van der Waals surface area contributed by atoms with Gasteiger partial charge in [-0.1, -0.05) is 5.16 Å². The van der Waals surface area contributed by atoms with E-state index in [0.29, 0.717) is 18.0 Å². The number of aromatic amines is 1. The summed E-state index contributed by atoms with van der Waals surface area (Å²) in [6, 6.07) is 4.13. The van der Waals surface area contributed by atoms with Gasteiger partial charge in [-0.25, -0.2) is 9.37 Å². The molecule has 27 heavy (non-hydrogen) atoms. The van der Waals surface area contributed by atoms with Crippen molar-refractivity contribution in [1.82, 2.24) is 35.1 Å². The Morgan fingerprint density at radius 2 is 2.22 bits per heavy atom. The van der Waals surface area contributed by atoms with Gasteiger partial charge in [-0.15, -0.1) is 0 Å². The number of nitrogens with zero attached hydrogens (tertiary/aromatic N) is 6. The second-order valence-electron chi connectivity index (χ2n) is 5.69. The molecule has 0 aliphatic carbocycles. The van der Waals surface area contributed by atoms with Gasteiger partial charge in [-0.2, -0.15) is 20.4 Å². The van der Waals surface area contributed by atoms with Crippen LogP contribution in [0.4, 0.5) is 4.39 Å². The number of hydrogen-bond acceptors (Lipinski definition) is 7. The van der Waals surface area contributed by atoms with Gasteiger partial charge in [-0.05, 0) is 25.1 Å². The van der Waals surface area contributed by atoms with Crippen LogP contribution in [0.25, 0.3) is 22.6 Å². The molecule has 4 aromatic rings. The highest BCUT2D eigenvalue weighted by Crippen LogP contribution is 2.27. The molecule has 0 atom stereocenters. The van der Waals surface area contributed by atoms with E-state index in [1.54, 1.807) is 12.4 Å². The lowest BCUT2D eigenvalue weighted by molar-refractivity contribution is 0.0996. The third kappa shape index (κ3) is 3.05. The Kier molecular flexibility index (Phi) is 3.95. The van der Waals surface area contributed by atoms with Crippen molar-refractivity contribution in [3.05, 3.63) is 53.8 Å². The first kappa shape index (κ1) is 16.6. The molecule has 0 aliphatic heterocycles. The first-order valence-corrected chi connectivity index (χ1v) is 7.84. The van der Waals surface area contributed by atoms with E-state index in [-0.39, 0.29) is 22.8 Å². The Balaban J connectivity index is 1.69. The van der Waals surface area contributed by atoms with Crippen molar-refractivity contribution in [2.75, 3.05) is 0 Å². The zero-order valence-electron chi connectivity index (χ0n) is 14.0. The summed E-state index contributed by atoms with van der Waals surface area (Å²) in [5, 5.41) is 13.8. The predicted molar refractivity (Wildman–Crippen MR) is 89.7 cm³/mol. The van der Waals surface area contributed by atoms with Crippen molar-refractivity contribution in [2.24, 2.45) is 5.73 Å². The Hall–Kier alpha value is -3.89. The molecule has 11 heteroatoms. The second kappa shape index (κ2) is 6.44. The number of imidazole rings is 1. The normalized spacial score (nSPS) is 11.0. The highest BCUT2D eigenvalue weighted by atomic mass is 19.1. The van der Waals surface area contributed by atoms with Crippen LogP contribution >= 0.6 is 0 Å². The molecule has 4 rings (SSSR count). The molecule has 0 bridgehead atoms. The van der Waals surface area contributed by atoms with E-state index in [4.69, 9.17) is 10.3 Å². The molecule has 1 amide bonds. The molecule has 0 aliphatic rings. The number of carbonyl (C=O) groups excluding carboxylic acids is 1. The maximum atomic E-state index is 14.3. The largest absolute Gasteiger partial charge is 0.364 e. The van der Waals surface area contributed by atoms with Crippen LogP contribution in [-0.2, 0) is 6.54 Å². The van der Waals surface area contributed by atoms with E-state index in [1.165, 1.54) is 18.2 Å². The van der Waals surface area contributed by atoms with E-state index in [2.05, 4.69) is 30.5 Å². The fraction of sp³-hybridized carbons (Fsp3) is 0.125. The number of aromatic nitrogens is 7. The van der Waals surface area contributed by atoms with Crippen LogP contribution < -0.4 is 5.73 Å². The number of rotatable bonds is 5. The minimum Gasteiger partial charge on any atom is -0.364 e. The third-order valence-electron chi connectivity index (χ3n) is 3.96. The Morgan fingerprint density at radius 3 is 2.96 bits per heavy atom. The summed E-state index contributed by atoms with van der Waals surface area (Å²) in [4.78, 5) is 19.8. The number of nitrogens with one attached hydrogen (secondary N) is 1. The minimum atomic E-state index is -0.748. The highest BCUT2D eigenvalue weighted by Gasteiger charge is 2.19. The molecule has 0 saturated heterocycles. The van der Waals surface area contributed by atoms with Crippen LogP contribution in [0.3, 0.4) is 0 Å². The van der Waals surface area contributed by atoms with Gasteiger partial charge in [0, 0.05) is 18.0 Å². The Labute approximate surface area is 151 Å². The number of primary amides is 1. The summed E-state index contributed by atoms with van der Waals surface area (Å²) in [5.41, 5.74) is 5.97. The topological polar surface area (TPSA) is 141 Å². The van der Waals surface area contributed by atoms with Crippen molar-refractivity contribution in [1.29, 1.82) is 0 Å². The van der Waals surface area contributed by atoms with E-state index >= 15 is 0 Å². The maximum absolute atomic E-state index is 14.3. The molecule has 3 aromatic heterocycles. The molecule has 0 saturated carbocycles. The molecule has 0 spiro atoms. The smallest absolute Gasteiger partial charge is 0.271 e. The lowest BCUT2D eigenvalue weighted by Gasteiger charge is -2.02.